The van der Waals surface area contributed by atoms with E-state index < -0.39 is 11.1 Å². The number of thioether (sulfide) groups is 1. The molecule has 11 nitrogen and oxygen atoms in total. The Labute approximate surface area is 304 Å². The van der Waals surface area contributed by atoms with E-state index in [1.165, 1.54) is 6.33 Å². The van der Waals surface area contributed by atoms with Crippen LogP contribution in [-0.2, 0) is 18.5 Å². The van der Waals surface area contributed by atoms with Crippen LogP contribution in [-0.4, -0.2) is 76.0 Å². The molecule has 3 aromatic carbocycles. The maximum absolute atomic E-state index is 15.0. The summed E-state index contributed by atoms with van der Waals surface area (Å²) in [5.74, 6) is 10.3. The summed E-state index contributed by atoms with van der Waals surface area (Å²) in [4.78, 5) is 31.5. The summed E-state index contributed by atoms with van der Waals surface area (Å²) in [5.41, 5.74) is 10.4. The highest BCUT2D eigenvalue weighted by Gasteiger charge is 2.48. The minimum atomic E-state index is -0.554. The standard InChI is InChI=1S/C40H38N8O3S/c1-39(2)22-28-27(13-14-30(49)35(28)51-39)34-33-36(41)42-24-43-37(33)47(45-34)23-31-44-29-12-6-8-25(9-7-17-46-18-20-52-21-19-46)32(29)38(50)48(31)40(15-16-40)26-10-4-3-5-11-26/h3-6,8,10-14,24,49H,15-23H2,1-2H3,(H2,41,42,43). The van der Waals surface area contributed by atoms with Gasteiger partial charge >= 0.3 is 0 Å². The second-order valence-electron chi connectivity index (χ2n) is 14.4. The average Bonchev–Trinajstić information content (AvgIpc) is 3.75. The number of fused-ring (bicyclic) bond motifs is 3. The highest BCUT2D eigenvalue weighted by Crippen LogP contribution is 2.50. The van der Waals surface area contributed by atoms with Gasteiger partial charge in [0.05, 0.1) is 28.4 Å². The van der Waals surface area contributed by atoms with Gasteiger partial charge < -0.3 is 15.6 Å². The summed E-state index contributed by atoms with van der Waals surface area (Å²) in [6.07, 6.45) is 3.59. The molecule has 1 saturated heterocycles. The third-order valence-electron chi connectivity index (χ3n) is 10.4. The van der Waals surface area contributed by atoms with Gasteiger partial charge in [-0.25, -0.2) is 19.6 Å². The highest BCUT2D eigenvalue weighted by molar-refractivity contribution is 7.99. The second-order valence-corrected chi connectivity index (χ2v) is 15.6. The molecule has 1 saturated carbocycles. The molecule has 5 heterocycles. The molecular weight excluding hydrogens is 673 g/mol. The number of rotatable bonds is 6. The predicted molar refractivity (Wildman–Crippen MR) is 204 cm³/mol. The highest BCUT2D eigenvalue weighted by atomic mass is 32.2. The Morgan fingerprint density at radius 3 is 2.60 bits per heavy atom. The molecule has 3 aliphatic rings. The molecule has 2 fully saturated rings. The van der Waals surface area contributed by atoms with E-state index in [4.69, 9.17) is 20.6 Å². The first-order chi connectivity index (χ1) is 25.2. The van der Waals surface area contributed by atoms with Crippen LogP contribution in [0, 0.1) is 11.8 Å². The van der Waals surface area contributed by atoms with Crippen LogP contribution in [0.1, 0.15) is 49.2 Å². The number of ether oxygens (including phenoxy) is 1. The molecule has 3 N–H and O–H groups in total. The Morgan fingerprint density at radius 1 is 1.00 bits per heavy atom. The van der Waals surface area contributed by atoms with Gasteiger partial charge in [-0.1, -0.05) is 48.2 Å². The van der Waals surface area contributed by atoms with E-state index in [1.807, 2.05) is 72.6 Å². The minimum Gasteiger partial charge on any atom is -0.504 e. The number of benzene rings is 3. The first kappa shape index (κ1) is 32.5. The summed E-state index contributed by atoms with van der Waals surface area (Å²) in [7, 11) is 0. The van der Waals surface area contributed by atoms with Crippen LogP contribution in [0.15, 0.2) is 71.8 Å². The van der Waals surface area contributed by atoms with E-state index in [1.54, 1.807) is 10.7 Å². The number of hydrogen-bond acceptors (Lipinski definition) is 10. The Kier molecular flexibility index (Phi) is 7.75. The fraction of sp³-hybridized carbons (Fsp3) is 0.325. The molecule has 9 rings (SSSR count). The van der Waals surface area contributed by atoms with Crippen molar-refractivity contribution in [3.63, 3.8) is 0 Å². The molecule has 6 aromatic rings. The molecule has 1 aliphatic carbocycles. The van der Waals surface area contributed by atoms with Crippen molar-refractivity contribution in [2.75, 3.05) is 36.9 Å². The fourth-order valence-electron chi connectivity index (χ4n) is 7.77. The average molecular weight is 711 g/mol. The molecule has 0 spiro atoms. The summed E-state index contributed by atoms with van der Waals surface area (Å²) < 4.78 is 9.78. The molecule has 12 heteroatoms. The largest absolute Gasteiger partial charge is 0.504 e. The van der Waals surface area contributed by atoms with Gasteiger partial charge in [0.1, 0.15) is 35.8 Å². The monoisotopic (exact) mass is 710 g/mol. The lowest BCUT2D eigenvalue weighted by atomic mass is 9.95. The van der Waals surface area contributed by atoms with Crippen LogP contribution >= 0.6 is 11.8 Å². The Bertz CT molecular complexity index is 2510. The number of phenols is 1. The van der Waals surface area contributed by atoms with Gasteiger partial charge in [-0.3, -0.25) is 14.3 Å². The van der Waals surface area contributed by atoms with Gasteiger partial charge in [0, 0.05) is 47.7 Å². The van der Waals surface area contributed by atoms with Gasteiger partial charge in [0.15, 0.2) is 17.1 Å². The molecule has 0 amide bonds. The molecule has 0 bridgehead atoms. The zero-order valence-corrected chi connectivity index (χ0v) is 29.9. The van der Waals surface area contributed by atoms with Gasteiger partial charge in [-0.05, 0) is 56.5 Å². The summed E-state index contributed by atoms with van der Waals surface area (Å²) in [6.45, 7) is 6.83. The predicted octanol–water partition coefficient (Wildman–Crippen LogP) is 5.19. The summed E-state index contributed by atoms with van der Waals surface area (Å²) >= 11 is 1.97. The number of nitrogens with zero attached hydrogens (tertiary/aromatic N) is 7. The van der Waals surface area contributed by atoms with Gasteiger partial charge in [0.25, 0.3) is 5.56 Å². The van der Waals surface area contributed by atoms with Crippen molar-refractivity contribution in [2.45, 2.75) is 50.8 Å². The molecule has 0 radical (unpaired) electrons. The SMILES string of the molecule is CC1(C)Cc2c(-c3nn(Cc4nc5cccc(C#CCN6CCSCC6)c5c(=O)n4C4(c5ccccc5)CC4)c4ncnc(N)c34)ccc(O)c2O1. The van der Waals surface area contributed by atoms with Crippen molar-refractivity contribution >= 4 is 39.5 Å². The molecule has 52 heavy (non-hydrogen) atoms. The molecule has 0 atom stereocenters. The van der Waals surface area contributed by atoms with Gasteiger partial charge in [0.2, 0.25) is 0 Å². The van der Waals surface area contributed by atoms with Crippen LogP contribution in [0.2, 0.25) is 0 Å². The van der Waals surface area contributed by atoms with Crippen molar-refractivity contribution in [1.82, 2.24) is 34.2 Å². The second kappa shape index (κ2) is 12.4. The van der Waals surface area contributed by atoms with Crippen molar-refractivity contribution < 1.29 is 9.84 Å². The van der Waals surface area contributed by atoms with Crippen LogP contribution < -0.4 is 16.0 Å². The number of hydrogen-bond donors (Lipinski definition) is 2. The molecule has 262 valence electrons. The van der Waals surface area contributed by atoms with Crippen LogP contribution in [0.25, 0.3) is 33.2 Å². The smallest absolute Gasteiger partial charge is 0.263 e. The van der Waals surface area contributed by atoms with E-state index in [0.717, 1.165) is 54.1 Å². The van der Waals surface area contributed by atoms with Gasteiger partial charge in [-0.2, -0.15) is 16.9 Å². The first-order valence-electron chi connectivity index (χ1n) is 17.6. The van der Waals surface area contributed by atoms with E-state index in [0.29, 0.717) is 57.7 Å². The zero-order chi connectivity index (χ0) is 35.6. The zero-order valence-electron chi connectivity index (χ0n) is 29.1. The number of aromatic hydroxyl groups is 1. The van der Waals surface area contributed by atoms with E-state index in [9.17, 15) is 9.90 Å². The van der Waals surface area contributed by atoms with Crippen LogP contribution in [0.5, 0.6) is 11.5 Å². The minimum absolute atomic E-state index is 0.0759. The molecular formula is C40H38N8O3S. The number of aromatic nitrogens is 6. The number of nitrogens with two attached hydrogens (primary N) is 1. The number of anilines is 1. The fourth-order valence-corrected chi connectivity index (χ4v) is 8.75. The van der Waals surface area contributed by atoms with Crippen LogP contribution in [0.3, 0.4) is 0 Å². The Morgan fingerprint density at radius 2 is 1.81 bits per heavy atom. The van der Waals surface area contributed by atoms with Gasteiger partial charge in [-0.15, -0.1) is 0 Å². The van der Waals surface area contributed by atoms with E-state index >= 15 is 0 Å². The van der Waals surface area contributed by atoms with Crippen molar-refractivity contribution in [1.29, 1.82) is 0 Å². The quantitative estimate of drug-likeness (QED) is 0.222. The molecule has 0 unspecified atom stereocenters. The van der Waals surface area contributed by atoms with Crippen molar-refractivity contribution in [3.05, 3.63) is 99.9 Å². The summed E-state index contributed by atoms with van der Waals surface area (Å²) in [6, 6.07) is 19.4. The van der Waals surface area contributed by atoms with E-state index in [2.05, 4.69) is 38.8 Å². The number of nitrogen functional groups attached to an aromatic ring is 1. The molecule has 3 aromatic heterocycles. The molecule has 2 aliphatic heterocycles. The third-order valence-corrected chi connectivity index (χ3v) is 11.3. The third kappa shape index (κ3) is 5.47. The Balaban J connectivity index is 1.21. The van der Waals surface area contributed by atoms with E-state index in [-0.39, 0.29) is 23.7 Å². The maximum Gasteiger partial charge on any atom is 0.263 e. The lowest BCUT2D eigenvalue weighted by molar-refractivity contribution is 0.134. The van der Waals surface area contributed by atoms with Crippen molar-refractivity contribution in [3.8, 4) is 34.6 Å². The number of phenolic OH excluding ortho intramolecular Hbond substituents is 1. The lowest BCUT2D eigenvalue weighted by Crippen LogP contribution is -2.36. The lowest BCUT2D eigenvalue weighted by Gasteiger charge is -2.24. The summed E-state index contributed by atoms with van der Waals surface area (Å²) in [5, 5.41) is 16.9. The Hall–Kier alpha value is -5.38. The normalized spacial score (nSPS) is 17.4. The maximum atomic E-state index is 15.0. The van der Waals surface area contributed by atoms with Crippen LogP contribution in [0.4, 0.5) is 5.82 Å². The first-order valence-corrected chi connectivity index (χ1v) is 18.8. The topological polar surface area (TPSA) is 137 Å². The van der Waals surface area contributed by atoms with Crippen molar-refractivity contribution in [2.24, 2.45) is 0 Å².